The van der Waals surface area contributed by atoms with E-state index in [1.807, 2.05) is 0 Å². The summed E-state index contributed by atoms with van der Waals surface area (Å²) in [6.07, 6.45) is 1.52. The average molecular weight is 306 g/mol. The van der Waals surface area contributed by atoms with Crippen molar-refractivity contribution in [3.63, 3.8) is 0 Å². The normalized spacial score (nSPS) is 15.5. The van der Waals surface area contributed by atoms with E-state index in [0.29, 0.717) is 18.7 Å². The van der Waals surface area contributed by atoms with Gasteiger partial charge in [-0.2, -0.15) is 0 Å². The number of carbonyl (C=O) groups excluding carboxylic acids is 2. The Bertz CT molecular complexity index is 507. The van der Waals surface area contributed by atoms with Gasteiger partial charge < -0.3 is 19.7 Å². The molecule has 2 amide bonds. The zero-order chi connectivity index (χ0) is 15.9. The molecule has 1 aliphatic heterocycles. The van der Waals surface area contributed by atoms with Crippen LogP contribution in [-0.4, -0.2) is 56.7 Å². The number of likely N-dealkylation sites (tertiary alicyclic amines) is 1. The van der Waals surface area contributed by atoms with Gasteiger partial charge in [-0.25, -0.2) is 0 Å². The molecular formula is C16H22N2O4. The van der Waals surface area contributed by atoms with Crippen molar-refractivity contribution in [1.29, 1.82) is 0 Å². The smallest absolute Gasteiger partial charge is 0.251 e. The third-order valence-corrected chi connectivity index (χ3v) is 3.80. The van der Waals surface area contributed by atoms with E-state index in [0.717, 1.165) is 18.6 Å². The maximum atomic E-state index is 12.2. The van der Waals surface area contributed by atoms with Gasteiger partial charge in [0, 0.05) is 31.8 Å². The third kappa shape index (κ3) is 4.21. The Labute approximate surface area is 130 Å². The van der Waals surface area contributed by atoms with Crippen LogP contribution in [0.3, 0.4) is 0 Å². The van der Waals surface area contributed by atoms with Crippen molar-refractivity contribution in [3.05, 3.63) is 29.8 Å². The number of hydrogen-bond acceptors (Lipinski definition) is 4. The molecule has 0 saturated carbocycles. The molecule has 0 atom stereocenters. The molecule has 1 aromatic rings. The molecule has 2 rings (SSSR count). The number of nitrogens with zero attached hydrogens (tertiary/aromatic N) is 1. The largest absolute Gasteiger partial charge is 0.497 e. The zero-order valence-corrected chi connectivity index (χ0v) is 13.0. The molecule has 1 saturated heterocycles. The lowest BCUT2D eigenvalue weighted by Crippen LogP contribution is -2.47. The second kappa shape index (κ2) is 7.79. The highest BCUT2D eigenvalue weighted by atomic mass is 16.5. The molecule has 0 aliphatic carbocycles. The van der Waals surface area contributed by atoms with Gasteiger partial charge in [0.15, 0.2) is 0 Å². The van der Waals surface area contributed by atoms with Gasteiger partial charge in [0.1, 0.15) is 12.4 Å². The van der Waals surface area contributed by atoms with Crippen molar-refractivity contribution in [2.45, 2.75) is 18.9 Å². The second-order valence-corrected chi connectivity index (χ2v) is 5.29. The number of nitrogens with one attached hydrogen (secondary N) is 1. The molecule has 6 heteroatoms. The minimum Gasteiger partial charge on any atom is -0.497 e. The lowest BCUT2D eigenvalue weighted by Gasteiger charge is -2.32. The fourth-order valence-corrected chi connectivity index (χ4v) is 2.50. The van der Waals surface area contributed by atoms with Crippen molar-refractivity contribution in [2.24, 2.45) is 0 Å². The predicted octanol–water partition coefficient (Wildman–Crippen LogP) is 1.06. The Hall–Kier alpha value is -2.08. The van der Waals surface area contributed by atoms with Crippen molar-refractivity contribution in [2.75, 3.05) is 33.9 Å². The van der Waals surface area contributed by atoms with Crippen LogP contribution in [0.1, 0.15) is 23.2 Å². The number of rotatable bonds is 5. The van der Waals surface area contributed by atoms with Gasteiger partial charge in [0.05, 0.1) is 7.11 Å². The van der Waals surface area contributed by atoms with E-state index in [2.05, 4.69) is 5.32 Å². The molecule has 0 radical (unpaired) electrons. The van der Waals surface area contributed by atoms with Crippen molar-refractivity contribution < 1.29 is 19.1 Å². The molecule has 6 nitrogen and oxygen atoms in total. The van der Waals surface area contributed by atoms with E-state index < -0.39 is 0 Å². The third-order valence-electron chi connectivity index (χ3n) is 3.80. The number of methoxy groups -OCH3 is 2. The van der Waals surface area contributed by atoms with Crippen LogP contribution in [0.2, 0.25) is 0 Å². The number of amides is 2. The number of ether oxygens (including phenoxy) is 2. The van der Waals surface area contributed by atoms with Crippen LogP contribution in [0.25, 0.3) is 0 Å². The second-order valence-electron chi connectivity index (χ2n) is 5.29. The maximum absolute atomic E-state index is 12.2. The fraction of sp³-hybridized carbons (Fsp3) is 0.500. The minimum atomic E-state index is -0.0932. The summed E-state index contributed by atoms with van der Waals surface area (Å²) in [5.74, 6) is 0.633. The summed E-state index contributed by atoms with van der Waals surface area (Å²) in [6.45, 7) is 1.41. The van der Waals surface area contributed by atoms with Gasteiger partial charge >= 0.3 is 0 Å². The summed E-state index contributed by atoms with van der Waals surface area (Å²) in [7, 11) is 3.10. The maximum Gasteiger partial charge on any atom is 0.251 e. The first-order valence-corrected chi connectivity index (χ1v) is 7.35. The summed E-state index contributed by atoms with van der Waals surface area (Å²) in [6, 6.07) is 7.11. The quantitative estimate of drug-likeness (QED) is 0.883. The Balaban J connectivity index is 1.82. The Kier molecular flexibility index (Phi) is 5.77. The minimum absolute atomic E-state index is 0.00225. The van der Waals surface area contributed by atoms with E-state index >= 15 is 0 Å². The van der Waals surface area contributed by atoms with Crippen LogP contribution in [0.15, 0.2) is 24.3 Å². The Morgan fingerprint density at radius 2 is 1.82 bits per heavy atom. The first-order valence-electron chi connectivity index (χ1n) is 7.35. The van der Waals surface area contributed by atoms with Gasteiger partial charge in [-0.15, -0.1) is 0 Å². The molecule has 1 fully saturated rings. The highest BCUT2D eigenvalue weighted by molar-refractivity contribution is 5.94. The molecule has 0 spiro atoms. The molecule has 0 bridgehead atoms. The van der Waals surface area contributed by atoms with Gasteiger partial charge in [-0.05, 0) is 37.1 Å². The SMILES string of the molecule is COCC(=O)N1CCC(NC(=O)c2ccc(OC)cc2)CC1. The van der Waals surface area contributed by atoms with Crippen LogP contribution < -0.4 is 10.1 Å². The summed E-state index contributed by atoms with van der Waals surface area (Å²) in [5, 5.41) is 3.02. The van der Waals surface area contributed by atoms with Crippen LogP contribution in [0.5, 0.6) is 5.75 Å². The van der Waals surface area contributed by atoms with Crippen molar-refractivity contribution in [3.8, 4) is 5.75 Å². The first kappa shape index (κ1) is 16.3. The topological polar surface area (TPSA) is 67.9 Å². The van der Waals surface area contributed by atoms with Crippen molar-refractivity contribution >= 4 is 11.8 Å². The number of benzene rings is 1. The first-order chi connectivity index (χ1) is 10.6. The molecule has 1 N–H and O–H groups in total. The van der Waals surface area contributed by atoms with Crippen LogP contribution in [0.4, 0.5) is 0 Å². The van der Waals surface area contributed by atoms with E-state index in [4.69, 9.17) is 9.47 Å². The summed E-state index contributed by atoms with van der Waals surface area (Å²) in [4.78, 5) is 25.7. The molecule has 0 aromatic heterocycles. The fourth-order valence-electron chi connectivity index (χ4n) is 2.50. The summed E-state index contributed by atoms with van der Waals surface area (Å²) in [5.41, 5.74) is 0.610. The zero-order valence-electron chi connectivity index (χ0n) is 13.0. The highest BCUT2D eigenvalue weighted by Gasteiger charge is 2.23. The lowest BCUT2D eigenvalue weighted by atomic mass is 10.0. The van der Waals surface area contributed by atoms with Gasteiger partial charge in [-0.3, -0.25) is 9.59 Å². The number of hydrogen-bond donors (Lipinski definition) is 1. The van der Waals surface area contributed by atoms with Gasteiger partial charge in [-0.1, -0.05) is 0 Å². The van der Waals surface area contributed by atoms with Crippen LogP contribution >= 0.6 is 0 Å². The van der Waals surface area contributed by atoms with E-state index in [9.17, 15) is 9.59 Å². The van der Waals surface area contributed by atoms with E-state index in [-0.39, 0.29) is 24.5 Å². The summed E-state index contributed by atoms with van der Waals surface area (Å²) >= 11 is 0. The summed E-state index contributed by atoms with van der Waals surface area (Å²) < 4.78 is 9.93. The molecule has 1 aromatic carbocycles. The Morgan fingerprint density at radius 3 is 2.36 bits per heavy atom. The molecule has 120 valence electrons. The highest BCUT2D eigenvalue weighted by Crippen LogP contribution is 2.14. The number of carbonyl (C=O) groups is 2. The molecule has 22 heavy (non-hydrogen) atoms. The molecule has 0 unspecified atom stereocenters. The Morgan fingerprint density at radius 1 is 1.18 bits per heavy atom. The van der Waals surface area contributed by atoms with Crippen LogP contribution in [0, 0.1) is 0 Å². The monoisotopic (exact) mass is 306 g/mol. The molecule has 1 heterocycles. The lowest BCUT2D eigenvalue weighted by molar-refractivity contribution is -0.136. The standard InChI is InChI=1S/C16H22N2O4/c1-21-11-15(19)18-9-7-13(8-10-18)17-16(20)12-3-5-14(22-2)6-4-12/h3-6,13H,7-11H2,1-2H3,(H,17,20). The van der Waals surface area contributed by atoms with Gasteiger partial charge in [0.2, 0.25) is 5.91 Å². The number of piperidine rings is 1. The van der Waals surface area contributed by atoms with Gasteiger partial charge in [0.25, 0.3) is 5.91 Å². The van der Waals surface area contributed by atoms with Crippen molar-refractivity contribution in [1.82, 2.24) is 10.2 Å². The van der Waals surface area contributed by atoms with E-state index in [1.54, 1.807) is 36.3 Å². The average Bonchev–Trinajstić information content (AvgIpc) is 2.55. The van der Waals surface area contributed by atoms with E-state index in [1.165, 1.54) is 7.11 Å². The molecule has 1 aliphatic rings. The predicted molar refractivity (Wildman–Crippen MR) is 81.9 cm³/mol. The van der Waals surface area contributed by atoms with Crippen LogP contribution in [-0.2, 0) is 9.53 Å². The molecular weight excluding hydrogens is 284 g/mol.